The molecule has 5 rings (SSSR count). The maximum Gasteiger partial charge on any atom is 0.170 e. The summed E-state index contributed by atoms with van der Waals surface area (Å²) >= 11 is 5.83. The van der Waals surface area contributed by atoms with Gasteiger partial charge in [-0.15, -0.1) is 0 Å². The van der Waals surface area contributed by atoms with Crippen LogP contribution in [0.25, 0.3) is 5.69 Å². The zero-order valence-corrected chi connectivity index (χ0v) is 18.2. The third kappa shape index (κ3) is 3.73. The second kappa shape index (κ2) is 8.36. The van der Waals surface area contributed by atoms with Gasteiger partial charge in [-0.2, -0.15) is 0 Å². The molecule has 2 aromatic heterocycles. The van der Waals surface area contributed by atoms with Gasteiger partial charge in [-0.3, -0.25) is 4.98 Å². The van der Waals surface area contributed by atoms with Crippen molar-refractivity contribution in [1.82, 2.24) is 19.8 Å². The number of aryl methyl sites for hydroxylation is 1. The number of rotatable bonds is 5. The Hall–Kier alpha value is -3.44. The number of hydrogen-bond acceptors (Lipinski definition) is 2. The number of nitrogens with one attached hydrogen (secondary N) is 1. The number of aromatic nitrogens is 2. The fourth-order valence-electron chi connectivity index (χ4n) is 4.37. The normalized spacial score (nSPS) is 18.2. The van der Waals surface area contributed by atoms with E-state index in [0.29, 0.717) is 0 Å². The molecule has 0 amide bonds. The fourth-order valence-corrected chi connectivity index (χ4v) is 4.67. The van der Waals surface area contributed by atoms with Gasteiger partial charge in [-0.05, 0) is 60.6 Å². The molecule has 4 nitrogen and oxygen atoms in total. The van der Waals surface area contributed by atoms with Crippen LogP contribution in [0.5, 0.6) is 0 Å². The zero-order chi connectivity index (χ0) is 21.2. The summed E-state index contributed by atoms with van der Waals surface area (Å²) in [5.74, 6) is 0. The number of nitrogens with zero attached hydrogens (tertiary/aromatic N) is 3. The largest absolute Gasteiger partial charge is 0.352 e. The molecule has 0 aliphatic carbocycles. The van der Waals surface area contributed by atoms with E-state index in [4.69, 9.17) is 12.2 Å². The predicted octanol–water partition coefficient (Wildman–Crippen LogP) is 5.35. The Labute approximate surface area is 188 Å². The van der Waals surface area contributed by atoms with Crippen LogP contribution in [-0.4, -0.2) is 19.6 Å². The summed E-state index contributed by atoms with van der Waals surface area (Å²) in [6.07, 6.45) is 3.98. The summed E-state index contributed by atoms with van der Waals surface area (Å²) in [5.41, 5.74) is 5.82. The predicted molar refractivity (Wildman–Crippen MR) is 128 cm³/mol. The molecule has 0 saturated carbocycles. The Bertz CT molecular complexity index is 1190. The van der Waals surface area contributed by atoms with Crippen molar-refractivity contribution in [1.29, 1.82) is 0 Å². The van der Waals surface area contributed by atoms with Crippen LogP contribution in [0.4, 0.5) is 0 Å². The number of benzene rings is 2. The number of pyridine rings is 1. The van der Waals surface area contributed by atoms with Crippen LogP contribution >= 0.6 is 12.2 Å². The molecular formula is C26H24N4S. The lowest BCUT2D eigenvalue weighted by atomic mass is 10.0. The molecule has 2 atom stereocenters. The molecule has 1 fully saturated rings. The molecule has 0 radical (unpaired) electrons. The van der Waals surface area contributed by atoms with Crippen LogP contribution in [0.3, 0.4) is 0 Å². The Morgan fingerprint density at radius 2 is 1.68 bits per heavy atom. The van der Waals surface area contributed by atoms with E-state index in [9.17, 15) is 0 Å². The summed E-state index contributed by atoms with van der Waals surface area (Å²) in [7, 11) is 0. The minimum absolute atomic E-state index is 0.0113. The summed E-state index contributed by atoms with van der Waals surface area (Å²) in [5, 5.41) is 4.31. The molecule has 5 heteroatoms. The van der Waals surface area contributed by atoms with Crippen molar-refractivity contribution < 1.29 is 0 Å². The van der Waals surface area contributed by atoms with Gasteiger partial charge >= 0.3 is 0 Å². The summed E-state index contributed by atoms with van der Waals surface area (Å²) in [4.78, 5) is 6.94. The minimum Gasteiger partial charge on any atom is -0.352 e. The van der Waals surface area contributed by atoms with Crippen molar-refractivity contribution >= 4 is 17.3 Å². The van der Waals surface area contributed by atoms with Gasteiger partial charge in [0.2, 0.25) is 0 Å². The van der Waals surface area contributed by atoms with Crippen LogP contribution < -0.4 is 5.32 Å². The third-order valence-corrected chi connectivity index (χ3v) is 6.20. The van der Waals surface area contributed by atoms with Crippen molar-refractivity contribution in [2.75, 3.05) is 0 Å². The lowest BCUT2D eigenvalue weighted by Crippen LogP contribution is -2.30. The van der Waals surface area contributed by atoms with Gasteiger partial charge in [-0.25, -0.2) is 0 Å². The number of hydrogen-bond donors (Lipinski definition) is 1. The van der Waals surface area contributed by atoms with Crippen LogP contribution in [0.1, 0.15) is 34.6 Å². The molecule has 1 N–H and O–H groups in total. The number of para-hydroxylation sites is 1. The molecule has 0 unspecified atom stereocenters. The topological polar surface area (TPSA) is 33.1 Å². The van der Waals surface area contributed by atoms with E-state index in [1.807, 2.05) is 24.4 Å². The Kier molecular flexibility index (Phi) is 5.26. The van der Waals surface area contributed by atoms with Gasteiger partial charge < -0.3 is 14.8 Å². The second-order valence-corrected chi connectivity index (χ2v) is 8.22. The van der Waals surface area contributed by atoms with Crippen LogP contribution in [0, 0.1) is 6.92 Å². The average Bonchev–Trinajstić information content (AvgIpc) is 3.40. The van der Waals surface area contributed by atoms with Crippen LogP contribution in [0.2, 0.25) is 0 Å². The first kappa shape index (κ1) is 19.5. The quantitative estimate of drug-likeness (QED) is 0.438. The van der Waals surface area contributed by atoms with E-state index >= 15 is 0 Å². The Morgan fingerprint density at radius 1 is 0.903 bits per heavy atom. The van der Waals surface area contributed by atoms with Gasteiger partial charge in [0.25, 0.3) is 0 Å². The van der Waals surface area contributed by atoms with Gasteiger partial charge in [-0.1, -0.05) is 54.6 Å². The highest BCUT2D eigenvalue weighted by Gasteiger charge is 2.41. The van der Waals surface area contributed by atoms with Crippen LogP contribution in [0.15, 0.2) is 97.3 Å². The maximum absolute atomic E-state index is 5.83. The Morgan fingerprint density at radius 3 is 2.45 bits per heavy atom. The number of thiocarbonyl (C=S) groups is 1. The lowest BCUT2D eigenvalue weighted by Gasteiger charge is -2.29. The van der Waals surface area contributed by atoms with E-state index in [-0.39, 0.29) is 12.1 Å². The molecule has 1 aliphatic heterocycles. The standard InChI is InChI=1S/C26H24N4S/c1-19-10-5-6-14-22(19)29-17-9-15-23(29)25-24(21-13-7-8-16-27-21)28-26(31)30(25)18-20-11-3-2-4-12-20/h2-17,24-25H,18H2,1H3,(H,28,31)/t24-,25+/m0/s1. The molecule has 3 heterocycles. The van der Waals surface area contributed by atoms with Gasteiger partial charge in [0.05, 0.1) is 17.8 Å². The van der Waals surface area contributed by atoms with Crippen molar-refractivity contribution in [3.63, 3.8) is 0 Å². The molecule has 0 spiro atoms. The molecule has 1 saturated heterocycles. The highest BCUT2D eigenvalue weighted by Crippen LogP contribution is 2.40. The SMILES string of the molecule is Cc1ccccc1-n1cccc1[C@@H]1[C@H](c2ccccn2)NC(=S)N1Cc1ccccc1. The van der Waals surface area contributed by atoms with Crippen LogP contribution in [-0.2, 0) is 6.54 Å². The molecule has 4 aromatic rings. The van der Waals surface area contributed by atoms with Crippen molar-refractivity contribution in [2.24, 2.45) is 0 Å². The molecule has 0 bridgehead atoms. The fraction of sp³-hybridized carbons (Fsp3) is 0.154. The summed E-state index contributed by atoms with van der Waals surface area (Å²) in [6.45, 7) is 2.88. The minimum atomic E-state index is -0.0323. The van der Waals surface area contributed by atoms with E-state index in [2.05, 4.69) is 99.6 Å². The van der Waals surface area contributed by atoms with E-state index in [1.54, 1.807) is 0 Å². The first-order valence-electron chi connectivity index (χ1n) is 10.5. The molecule has 154 valence electrons. The van der Waals surface area contributed by atoms with Crippen molar-refractivity contribution in [3.8, 4) is 5.69 Å². The molecule has 2 aromatic carbocycles. The average molecular weight is 425 g/mol. The maximum atomic E-state index is 5.83. The van der Waals surface area contributed by atoms with Crippen molar-refractivity contribution in [2.45, 2.75) is 25.6 Å². The first-order valence-corrected chi connectivity index (χ1v) is 10.9. The highest BCUT2D eigenvalue weighted by atomic mass is 32.1. The van der Waals surface area contributed by atoms with Gasteiger partial charge in [0.1, 0.15) is 0 Å². The van der Waals surface area contributed by atoms with E-state index in [0.717, 1.165) is 17.4 Å². The van der Waals surface area contributed by atoms with Crippen molar-refractivity contribution in [3.05, 3.63) is 120 Å². The highest BCUT2D eigenvalue weighted by molar-refractivity contribution is 7.80. The lowest BCUT2D eigenvalue weighted by molar-refractivity contribution is 0.302. The van der Waals surface area contributed by atoms with Gasteiger partial charge in [0.15, 0.2) is 5.11 Å². The zero-order valence-electron chi connectivity index (χ0n) is 17.3. The molecule has 31 heavy (non-hydrogen) atoms. The monoisotopic (exact) mass is 424 g/mol. The third-order valence-electron chi connectivity index (χ3n) is 5.85. The summed E-state index contributed by atoms with van der Waals surface area (Å²) < 4.78 is 2.28. The van der Waals surface area contributed by atoms with E-state index < -0.39 is 0 Å². The molecular weight excluding hydrogens is 400 g/mol. The first-order chi connectivity index (χ1) is 15.2. The van der Waals surface area contributed by atoms with E-state index in [1.165, 1.54) is 22.5 Å². The molecule has 1 aliphatic rings. The smallest absolute Gasteiger partial charge is 0.170 e. The second-order valence-electron chi connectivity index (χ2n) is 7.83. The van der Waals surface area contributed by atoms with Gasteiger partial charge in [0, 0.05) is 30.3 Å². The summed E-state index contributed by atoms with van der Waals surface area (Å²) in [6, 6.07) is 29.3. The Balaban J connectivity index is 1.62.